The maximum atomic E-state index is 11.9. The molecule has 1 atom stereocenters. The molecular formula is C24H25N5O2. The average Bonchev–Trinajstić information content (AvgIpc) is 2.80. The third kappa shape index (κ3) is 4.73. The molecule has 0 aliphatic carbocycles. The summed E-state index contributed by atoms with van der Waals surface area (Å²) >= 11 is 0. The number of primary amides is 1. The Morgan fingerprint density at radius 3 is 2.84 bits per heavy atom. The van der Waals surface area contributed by atoms with Gasteiger partial charge in [0.1, 0.15) is 12.0 Å². The SMILES string of the molecule is COCCCc1ccc2c(c1)C(Nc1ccccc1C(N)=O)=NC(c1cccnc1)N2. The highest BCUT2D eigenvalue weighted by Gasteiger charge is 2.23. The van der Waals surface area contributed by atoms with Crippen molar-refractivity contribution >= 4 is 23.1 Å². The summed E-state index contributed by atoms with van der Waals surface area (Å²) < 4.78 is 5.18. The first kappa shape index (κ1) is 20.6. The molecule has 7 heteroatoms. The highest BCUT2D eigenvalue weighted by molar-refractivity contribution is 6.15. The number of methoxy groups -OCH3 is 1. The molecule has 4 rings (SSSR count). The molecule has 1 aliphatic rings. The highest BCUT2D eigenvalue weighted by Crippen LogP contribution is 2.31. The van der Waals surface area contributed by atoms with Crippen LogP contribution in [0.15, 0.2) is 72.0 Å². The van der Waals surface area contributed by atoms with Crippen LogP contribution in [0.3, 0.4) is 0 Å². The Labute approximate surface area is 181 Å². The fourth-order valence-electron chi connectivity index (χ4n) is 3.60. The van der Waals surface area contributed by atoms with E-state index >= 15 is 0 Å². The van der Waals surface area contributed by atoms with E-state index in [9.17, 15) is 4.79 Å². The van der Waals surface area contributed by atoms with Gasteiger partial charge in [0.25, 0.3) is 5.91 Å². The summed E-state index contributed by atoms with van der Waals surface area (Å²) in [6.45, 7) is 0.712. The van der Waals surface area contributed by atoms with E-state index in [2.05, 4.69) is 33.8 Å². The fourth-order valence-corrected chi connectivity index (χ4v) is 3.60. The van der Waals surface area contributed by atoms with Crippen LogP contribution in [0, 0.1) is 0 Å². The van der Waals surface area contributed by atoms with Gasteiger partial charge in [-0.05, 0) is 48.7 Å². The Hall–Kier alpha value is -3.71. The van der Waals surface area contributed by atoms with Crippen LogP contribution in [0.4, 0.5) is 11.4 Å². The zero-order valence-corrected chi connectivity index (χ0v) is 17.3. The summed E-state index contributed by atoms with van der Waals surface area (Å²) in [4.78, 5) is 21.0. The summed E-state index contributed by atoms with van der Waals surface area (Å²) in [5.41, 5.74) is 10.6. The molecule has 1 unspecified atom stereocenters. The van der Waals surface area contributed by atoms with Crippen molar-refractivity contribution in [3.05, 3.63) is 89.2 Å². The van der Waals surface area contributed by atoms with Crippen LogP contribution in [0.25, 0.3) is 0 Å². The van der Waals surface area contributed by atoms with Gasteiger partial charge >= 0.3 is 0 Å². The summed E-state index contributed by atoms with van der Waals surface area (Å²) in [5.74, 6) is 0.180. The second-order valence-electron chi connectivity index (χ2n) is 7.32. The Bertz CT molecular complexity index is 1100. The van der Waals surface area contributed by atoms with Crippen LogP contribution in [0.5, 0.6) is 0 Å². The van der Waals surface area contributed by atoms with E-state index in [-0.39, 0.29) is 6.17 Å². The smallest absolute Gasteiger partial charge is 0.250 e. The standard InChI is InChI=1S/C24H25N5O2/c1-31-13-5-6-16-10-11-21-19(14-16)24(28-20-9-3-2-8-18(20)22(25)30)29-23(27-21)17-7-4-12-26-15-17/h2-4,7-12,14-15,23,27H,5-6,13H2,1H3,(H2,25,30)(H,28,29). The molecule has 158 valence electrons. The van der Waals surface area contributed by atoms with Gasteiger partial charge in [-0.2, -0.15) is 0 Å². The van der Waals surface area contributed by atoms with Crippen molar-refractivity contribution in [3.63, 3.8) is 0 Å². The monoisotopic (exact) mass is 415 g/mol. The minimum absolute atomic E-state index is 0.302. The Kier molecular flexibility index (Phi) is 6.24. The van der Waals surface area contributed by atoms with Crippen molar-refractivity contribution < 1.29 is 9.53 Å². The maximum Gasteiger partial charge on any atom is 0.250 e. The number of nitrogens with two attached hydrogens (primary N) is 1. The molecule has 0 saturated carbocycles. The van der Waals surface area contributed by atoms with Gasteiger partial charge < -0.3 is 21.1 Å². The van der Waals surface area contributed by atoms with E-state index in [1.165, 1.54) is 5.56 Å². The first-order valence-electron chi connectivity index (χ1n) is 10.2. The predicted molar refractivity (Wildman–Crippen MR) is 122 cm³/mol. The molecule has 4 N–H and O–H groups in total. The number of pyridine rings is 1. The van der Waals surface area contributed by atoms with Crippen molar-refractivity contribution in [2.45, 2.75) is 19.0 Å². The van der Waals surface area contributed by atoms with Gasteiger partial charge in [-0.3, -0.25) is 9.78 Å². The van der Waals surface area contributed by atoms with Crippen molar-refractivity contribution in [3.8, 4) is 0 Å². The summed E-state index contributed by atoms with van der Waals surface area (Å²) in [6, 6.07) is 17.3. The second-order valence-corrected chi connectivity index (χ2v) is 7.32. The van der Waals surface area contributed by atoms with E-state index in [1.54, 1.807) is 31.6 Å². The highest BCUT2D eigenvalue weighted by atomic mass is 16.5. The van der Waals surface area contributed by atoms with Crippen LogP contribution in [0.2, 0.25) is 0 Å². The number of ether oxygens (including phenoxy) is 1. The molecule has 0 fully saturated rings. The topological polar surface area (TPSA) is 102 Å². The zero-order valence-electron chi connectivity index (χ0n) is 17.3. The molecule has 31 heavy (non-hydrogen) atoms. The number of carbonyl (C=O) groups excluding carboxylic acids is 1. The second kappa shape index (κ2) is 9.40. The van der Waals surface area contributed by atoms with E-state index in [1.807, 2.05) is 24.3 Å². The van der Waals surface area contributed by atoms with Crippen molar-refractivity contribution in [2.24, 2.45) is 10.7 Å². The first-order chi connectivity index (χ1) is 15.2. The number of benzene rings is 2. The van der Waals surface area contributed by atoms with Gasteiger partial charge in [0.05, 0.1) is 11.3 Å². The molecule has 7 nitrogen and oxygen atoms in total. The number of nitrogens with one attached hydrogen (secondary N) is 2. The van der Waals surface area contributed by atoms with Crippen LogP contribution < -0.4 is 16.4 Å². The van der Waals surface area contributed by atoms with Gasteiger partial charge in [-0.15, -0.1) is 0 Å². The Morgan fingerprint density at radius 2 is 2.06 bits per heavy atom. The van der Waals surface area contributed by atoms with Crippen LogP contribution in [-0.4, -0.2) is 30.4 Å². The third-order valence-corrected chi connectivity index (χ3v) is 5.15. The number of nitrogens with zero attached hydrogens (tertiary/aromatic N) is 2. The molecule has 0 radical (unpaired) electrons. The number of amidine groups is 1. The molecule has 0 spiro atoms. The van der Waals surface area contributed by atoms with E-state index in [0.29, 0.717) is 23.7 Å². The number of hydrogen-bond acceptors (Lipinski definition) is 6. The quantitative estimate of drug-likeness (QED) is 0.510. The number of anilines is 2. The lowest BCUT2D eigenvalue weighted by atomic mass is 10.0. The van der Waals surface area contributed by atoms with Crippen LogP contribution in [0.1, 0.15) is 39.6 Å². The Balaban J connectivity index is 1.73. The zero-order chi connectivity index (χ0) is 21.6. The molecule has 1 aliphatic heterocycles. The lowest BCUT2D eigenvalue weighted by Crippen LogP contribution is -2.26. The van der Waals surface area contributed by atoms with Gasteiger partial charge in [0.15, 0.2) is 0 Å². The Morgan fingerprint density at radius 1 is 1.19 bits per heavy atom. The molecule has 0 saturated heterocycles. The number of rotatable bonds is 7. The van der Waals surface area contributed by atoms with Crippen molar-refractivity contribution in [2.75, 3.05) is 24.4 Å². The molecule has 1 amide bonds. The van der Waals surface area contributed by atoms with Gasteiger partial charge in [0.2, 0.25) is 0 Å². The third-order valence-electron chi connectivity index (χ3n) is 5.15. The summed E-state index contributed by atoms with van der Waals surface area (Å²) in [5, 5.41) is 6.82. The van der Waals surface area contributed by atoms with Gasteiger partial charge in [-0.25, -0.2) is 4.99 Å². The number of amides is 1. The minimum atomic E-state index is -0.491. The summed E-state index contributed by atoms with van der Waals surface area (Å²) in [6.07, 6.45) is 5.06. The lowest BCUT2D eigenvalue weighted by molar-refractivity contribution is 0.100. The lowest BCUT2D eigenvalue weighted by Gasteiger charge is -2.27. The van der Waals surface area contributed by atoms with E-state index < -0.39 is 5.91 Å². The van der Waals surface area contributed by atoms with Crippen molar-refractivity contribution in [1.82, 2.24) is 4.98 Å². The number of fused-ring (bicyclic) bond motifs is 1. The normalized spacial score (nSPS) is 14.9. The van der Waals surface area contributed by atoms with Crippen LogP contribution in [-0.2, 0) is 11.2 Å². The van der Waals surface area contributed by atoms with E-state index in [0.717, 1.165) is 29.7 Å². The molecular weight excluding hydrogens is 390 g/mol. The molecule has 3 aromatic rings. The average molecular weight is 415 g/mol. The van der Waals surface area contributed by atoms with Gasteiger partial charge in [-0.1, -0.05) is 24.3 Å². The van der Waals surface area contributed by atoms with Crippen LogP contribution >= 0.6 is 0 Å². The fraction of sp³-hybridized carbons (Fsp3) is 0.208. The first-order valence-corrected chi connectivity index (χ1v) is 10.2. The number of para-hydroxylation sites is 1. The number of aromatic nitrogens is 1. The minimum Gasteiger partial charge on any atom is -0.385 e. The largest absolute Gasteiger partial charge is 0.385 e. The number of hydrogen-bond donors (Lipinski definition) is 3. The molecule has 2 heterocycles. The molecule has 0 bridgehead atoms. The summed E-state index contributed by atoms with van der Waals surface area (Å²) in [7, 11) is 1.71. The predicted octanol–water partition coefficient (Wildman–Crippen LogP) is 3.74. The molecule has 2 aromatic carbocycles. The number of carbonyl (C=O) groups is 1. The maximum absolute atomic E-state index is 11.9. The van der Waals surface area contributed by atoms with Crippen molar-refractivity contribution in [1.29, 1.82) is 0 Å². The molecule has 1 aromatic heterocycles. The van der Waals surface area contributed by atoms with E-state index in [4.69, 9.17) is 15.5 Å². The number of aliphatic imine (C=N–C) groups is 1. The number of aryl methyl sites for hydroxylation is 1. The van der Waals surface area contributed by atoms with Gasteiger partial charge in [0, 0.05) is 42.9 Å².